The van der Waals surface area contributed by atoms with Gasteiger partial charge >= 0.3 is 0 Å². The molecule has 120 valence electrons. The van der Waals surface area contributed by atoms with Gasteiger partial charge in [0.25, 0.3) is 0 Å². The molecular formula is C15H26N2O4. The van der Waals surface area contributed by atoms with Crippen LogP contribution in [0.5, 0.6) is 0 Å². The first-order valence-electron chi connectivity index (χ1n) is 7.71. The maximum Gasteiger partial charge on any atom is 0.243 e. The van der Waals surface area contributed by atoms with E-state index in [0.717, 1.165) is 19.4 Å². The second-order valence-corrected chi connectivity index (χ2v) is 6.16. The molecule has 6 heteroatoms. The highest BCUT2D eigenvalue weighted by atomic mass is 16.5. The molecule has 2 aliphatic rings. The van der Waals surface area contributed by atoms with E-state index in [1.807, 2.05) is 0 Å². The van der Waals surface area contributed by atoms with Crippen molar-refractivity contribution in [3.63, 3.8) is 0 Å². The van der Waals surface area contributed by atoms with Crippen LogP contribution in [0.2, 0.25) is 0 Å². The van der Waals surface area contributed by atoms with Crippen molar-refractivity contribution in [2.45, 2.75) is 32.8 Å². The average molecular weight is 298 g/mol. The molecule has 2 heterocycles. The number of carbonyl (C=O) groups is 2. The summed E-state index contributed by atoms with van der Waals surface area (Å²) in [6.07, 6.45) is 1.73. The van der Waals surface area contributed by atoms with Gasteiger partial charge in [-0.15, -0.1) is 0 Å². The van der Waals surface area contributed by atoms with E-state index in [1.54, 1.807) is 16.9 Å². The maximum absolute atomic E-state index is 12.7. The Balaban J connectivity index is 1.97. The smallest absolute Gasteiger partial charge is 0.243 e. The Hall–Kier alpha value is -1.14. The van der Waals surface area contributed by atoms with Crippen LogP contribution >= 0.6 is 0 Å². The molecule has 0 spiro atoms. The van der Waals surface area contributed by atoms with Crippen LogP contribution in [0, 0.1) is 11.8 Å². The first-order valence-corrected chi connectivity index (χ1v) is 7.71. The van der Waals surface area contributed by atoms with Crippen molar-refractivity contribution in [2.75, 3.05) is 40.1 Å². The lowest BCUT2D eigenvalue weighted by Gasteiger charge is -2.35. The fourth-order valence-electron chi connectivity index (χ4n) is 3.10. The monoisotopic (exact) mass is 298 g/mol. The second-order valence-electron chi connectivity index (χ2n) is 6.16. The largest absolute Gasteiger partial charge is 0.383 e. The standard InChI is InChI=1S/C15H26N2O4/c1-11(2)14-12(5-4-7-21-14)15(19)17-9-13(18)16(10-17)6-8-20-3/h11-12,14H,4-10H2,1-3H3/t12-,14-/m1/s1. The van der Waals surface area contributed by atoms with Gasteiger partial charge in [0.1, 0.15) is 6.54 Å². The normalized spacial score (nSPS) is 26.8. The molecule has 0 aliphatic carbocycles. The lowest BCUT2D eigenvalue weighted by Crippen LogP contribution is -2.45. The van der Waals surface area contributed by atoms with E-state index in [9.17, 15) is 9.59 Å². The van der Waals surface area contributed by atoms with Crippen molar-refractivity contribution in [1.29, 1.82) is 0 Å². The number of rotatable bonds is 5. The van der Waals surface area contributed by atoms with Gasteiger partial charge in [0.2, 0.25) is 11.8 Å². The van der Waals surface area contributed by atoms with E-state index in [1.165, 1.54) is 0 Å². The Morgan fingerprint density at radius 1 is 1.48 bits per heavy atom. The zero-order valence-corrected chi connectivity index (χ0v) is 13.2. The highest BCUT2D eigenvalue weighted by Gasteiger charge is 2.39. The molecule has 2 rings (SSSR count). The molecule has 0 aromatic carbocycles. The van der Waals surface area contributed by atoms with Gasteiger partial charge in [0.15, 0.2) is 0 Å². The lowest BCUT2D eigenvalue weighted by molar-refractivity contribution is -0.147. The molecule has 2 amide bonds. The van der Waals surface area contributed by atoms with E-state index in [2.05, 4.69) is 13.8 Å². The summed E-state index contributed by atoms with van der Waals surface area (Å²) in [5.41, 5.74) is 0. The van der Waals surface area contributed by atoms with Crippen LogP contribution in [-0.4, -0.2) is 67.8 Å². The number of amides is 2. The van der Waals surface area contributed by atoms with Crippen molar-refractivity contribution in [1.82, 2.24) is 9.80 Å². The van der Waals surface area contributed by atoms with Gasteiger partial charge in [-0.1, -0.05) is 13.8 Å². The van der Waals surface area contributed by atoms with Gasteiger partial charge in [0.05, 0.1) is 25.3 Å². The topological polar surface area (TPSA) is 59.1 Å². The molecule has 0 bridgehead atoms. The predicted molar refractivity (Wildman–Crippen MR) is 77.5 cm³/mol. The molecule has 21 heavy (non-hydrogen) atoms. The minimum Gasteiger partial charge on any atom is -0.383 e. The van der Waals surface area contributed by atoms with Crippen LogP contribution in [0.3, 0.4) is 0 Å². The Kier molecular flexibility index (Phi) is 5.58. The summed E-state index contributed by atoms with van der Waals surface area (Å²) in [6.45, 7) is 6.48. The fraction of sp³-hybridized carbons (Fsp3) is 0.867. The van der Waals surface area contributed by atoms with E-state index in [-0.39, 0.29) is 30.4 Å². The van der Waals surface area contributed by atoms with Gasteiger partial charge in [-0.3, -0.25) is 9.59 Å². The van der Waals surface area contributed by atoms with Gasteiger partial charge in [0, 0.05) is 20.3 Å². The predicted octanol–water partition coefficient (Wildman–Crippen LogP) is 0.712. The third-order valence-corrected chi connectivity index (χ3v) is 4.24. The number of carbonyl (C=O) groups excluding carboxylic acids is 2. The van der Waals surface area contributed by atoms with E-state index >= 15 is 0 Å². The highest BCUT2D eigenvalue weighted by molar-refractivity contribution is 5.89. The molecule has 2 atom stereocenters. The summed E-state index contributed by atoms with van der Waals surface area (Å²) in [5.74, 6) is 0.246. The minimum atomic E-state index is -0.117. The molecule has 0 aromatic rings. The Morgan fingerprint density at radius 3 is 2.90 bits per heavy atom. The van der Waals surface area contributed by atoms with Crippen molar-refractivity contribution in [3.05, 3.63) is 0 Å². The summed E-state index contributed by atoms with van der Waals surface area (Å²) in [7, 11) is 1.61. The summed E-state index contributed by atoms with van der Waals surface area (Å²) in [4.78, 5) is 28.0. The van der Waals surface area contributed by atoms with Gasteiger partial charge in [-0.25, -0.2) is 0 Å². The maximum atomic E-state index is 12.7. The quantitative estimate of drug-likeness (QED) is 0.750. The van der Waals surface area contributed by atoms with E-state index in [0.29, 0.717) is 25.7 Å². The minimum absolute atomic E-state index is 0.00164. The van der Waals surface area contributed by atoms with Crippen LogP contribution in [0.1, 0.15) is 26.7 Å². The Bertz CT molecular complexity index is 386. The van der Waals surface area contributed by atoms with Crippen molar-refractivity contribution < 1.29 is 19.1 Å². The third-order valence-electron chi connectivity index (χ3n) is 4.24. The SMILES string of the molecule is COCCN1CN(C(=O)[C@@H]2CCCO[C@@H]2C(C)C)CC1=O. The highest BCUT2D eigenvalue weighted by Crippen LogP contribution is 2.28. The molecule has 0 radical (unpaired) electrons. The summed E-state index contributed by atoms with van der Waals surface area (Å²) < 4.78 is 10.8. The average Bonchev–Trinajstić information content (AvgIpc) is 2.85. The second kappa shape index (κ2) is 7.22. The van der Waals surface area contributed by atoms with Crippen molar-refractivity contribution in [3.8, 4) is 0 Å². The summed E-state index contributed by atoms with van der Waals surface area (Å²) in [5, 5.41) is 0. The van der Waals surface area contributed by atoms with E-state index in [4.69, 9.17) is 9.47 Å². The molecule has 2 saturated heterocycles. The molecule has 0 unspecified atom stereocenters. The fourth-order valence-corrected chi connectivity index (χ4v) is 3.10. The van der Waals surface area contributed by atoms with Crippen LogP contribution in [0.15, 0.2) is 0 Å². The first kappa shape index (κ1) is 16.2. The lowest BCUT2D eigenvalue weighted by atomic mass is 9.86. The summed E-state index contributed by atoms with van der Waals surface area (Å²) >= 11 is 0. The number of methoxy groups -OCH3 is 1. The molecule has 2 aliphatic heterocycles. The Labute approximate surface area is 126 Å². The number of hydrogen-bond donors (Lipinski definition) is 0. The Morgan fingerprint density at radius 2 is 2.24 bits per heavy atom. The number of nitrogens with zero attached hydrogens (tertiary/aromatic N) is 2. The van der Waals surface area contributed by atoms with Gasteiger partial charge in [-0.05, 0) is 18.8 Å². The van der Waals surface area contributed by atoms with Crippen LogP contribution in [0.4, 0.5) is 0 Å². The molecule has 0 N–H and O–H groups in total. The van der Waals surface area contributed by atoms with Gasteiger partial charge in [-0.2, -0.15) is 0 Å². The van der Waals surface area contributed by atoms with Crippen LogP contribution < -0.4 is 0 Å². The molecule has 6 nitrogen and oxygen atoms in total. The first-order chi connectivity index (χ1) is 10.0. The van der Waals surface area contributed by atoms with Crippen LogP contribution in [-0.2, 0) is 19.1 Å². The van der Waals surface area contributed by atoms with Crippen molar-refractivity contribution in [2.24, 2.45) is 11.8 Å². The van der Waals surface area contributed by atoms with Crippen LogP contribution in [0.25, 0.3) is 0 Å². The molecule has 2 fully saturated rings. The molecular weight excluding hydrogens is 272 g/mol. The molecule has 0 aromatic heterocycles. The van der Waals surface area contributed by atoms with E-state index < -0.39 is 0 Å². The van der Waals surface area contributed by atoms with Gasteiger partial charge < -0.3 is 19.3 Å². The zero-order valence-electron chi connectivity index (χ0n) is 13.2. The number of hydrogen-bond acceptors (Lipinski definition) is 4. The summed E-state index contributed by atoms with van der Waals surface area (Å²) in [6, 6.07) is 0. The third kappa shape index (κ3) is 3.74. The number of ether oxygens (including phenoxy) is 2. The van der Waals surface area contributed by atoms with Crippen molar-refractivity contribution >= 4 is 11.8 Å². The zero-order chi connectivity index (χ0) is 15.4. The molecule has 0 saturated carbocycles.